The number of aromatic nitrogens is 2. The standard InChI is InChI=1S/C46H38N6O7/c1-4-42(55)49-18-28(19-49)51-22-37-34(45(51)57)11-26(13-40(37)54)32-15-30(53)10-25-7-8-31(16-33(25)32)59-41-14-27(44-24(3)6-9-39-36(44)17-47-48-39)12-35-38(41)23-52(46(35)58)29-20-50(21-29)43(56)5-2/h4-17,28-29,53-54H,1-2,18-23H2,3H3,(H,47,48). The Kier molecular flexibility index (Phi) is 8.13. The fourth-order valence-corrected chi connectivity index (χ4v) is 8.97. The third-order valence-corrected chi connectivity index (χ3v) is 12.2. The Labute approximate surface area is 338 Å². The number of carbonyl (C=O) groups excluding carboxylic acids is 4. The lowest BCUT2D eigenvalue weighted by Crippen LogP contribution is -2.60. The molecular formula is C46H38N6O7. The van der Waals surface area contributed by atoms with Crippen LogP contribution in [0.2, 0.25) is 0 Å². The maximum absolute atomic E-state index is 14.2. The predicted molar refractivity (Wildman–Crippen MR) is 220 cm³/mol. The van der Waals surface area contributed by atoms with E-state index in [1.54, 1.807) is 56.1 Å². The number of amides is 4. The summed E-state index contributed by atoms with van der Waals surface area (Å²) in [5, 5.41) is 31.8. The number of nitrogens with one attached hydrogen (secondary N) is 1. The first-order chi connectivity index (χ1) is 28.5. The number of carbonyl (C=O) groups is 4. The Morgan fingerprint density at radius 2 is 1.41 bits per heavy atom. The van der Waals surface area contributed by atoms with Gasteiger partial charge < -0.3 is 34.5 Å². The summed E-state index contributed by atoms with van der Waals surface area (Å²) in [6.07, 6.45) is 4.31. The quantitative estimate of drug-likeness (QED) is 0.152. The highest BCUT2D eigenvalue weighted by atomic mass is 16.5. The Balaban J connectivity index is 1.02. The van der Waals surface area contributed by atoms with Crippen molar-refractivity contribution in [3.8, 4) is 45.3 Å². The molecule has 2 saturated heterocycles. The number of rotatable bonds is 8. The van der Waals surface area contributed by atoms with Crippen molar-refractivity contribution in [1.82, 2.24) is 29.8 Å². The van der Waals surface area contributed by atoms with Gasteiger partial charge in [-0.25, -0.2) is 0 Å². The number of aryl methyl sites for hydroxylation is 1. The van der Waals surface area contributed by atoms with Crippen molar-refractivity contribution in [1.29, 1.82) is 0 Å². The first kappa shape index (κ1) is 36.0. The van der Waals surface area contributed by atoms with Crippen LogP contribution in [0.5, 0.6) is 23.0 Å². The van der Waals surface area contributed by atoms with Crippen molar-refractivity contribution in [2.45, 2.75) is 32.1 Å². The molecule has 1 aromatic heterocycles. The van der Waals surface area contributed by atoms with E-state index in [-0.39, 0.29) is 53.8 Å². The third kappa shape index (κ3) is 5.71. The molecule has 5 heterocycles. The lowest BCUT2D eigenvalue weighted by molar-refractivity contribution is -0.133. The summed E-state index contributed by atoms with van der Waals surface area (Å²) in [4.78, 5) is 59.0. The molecule has 0 saturated carbocycles. The molecule has 13 heteroatoms. The van der Waals surface area contributed by atoms with Gasteiger partial charge >= 0.3 is 0 Å². The third-order valence-electron chi connectivity index (χ3n) is 12.2. The number of phenolic OH excluding ortho intramolecular Hbond substituents is 2. The molecule has 0 radical (unpaired) electrons. The minimum atomic E-state index is -0.234. The van der Waals surface area contributed by atoms with Crippen LogP contribution in [0.4, 0.5) is 0 Å². The fourth-order valence-electron chi connectivity index (χ4n) is 8.97. The van der Waals surface area contributed by atoms with Crippen molar-refractivity contribution >= 4 is 45.3 Å². The minimum Gasteiger partial charge on any atom is -0.508 e. The zero-order chi connectivity index (χ0) is 40.9. The summed E-state index contributed by atoms with van der Waals surface area (Å²) < 4.78 is 6.77. The van der Waals surface area contributed by atoms with Gasteiger partial charge in [-0.1, -0.05) is 25.3 Å². The van der Waals surface area contributed by atoms with Crippen molar-refractivity contribution in [2.75, 3.05) is 26.2 Å². The Bertz CT molecular complexity index is 2870. The van der Waals surface area contributed by atoms with Gasteiger partial charge in [0.1, 0.15) is 23.0 Å². The van der Waals surface area contributed by atoms with Crippen LogP contribution in [0, 0.1) is 6.92 Å². The van der Waals surface area contributed by atoms with Gasteiger partial charge in [-0.2, -0.15) is 5.10 Å². The minimum absolute atomic E-state index is 0.00724. The van der Waals surface area contributed by atoms with Crippen molar-refractivity contribution in [3.63, 3.8) is 0 Å². The highest BCUT2D eigenvalue weighted by Gasteiger charge is 2.43. The number of benzene rings is 5. The molecule has 2 fully saturated rings. The number of nitrogens with zero attached hydrogens (tertiary/aromatic N) is 5. The molecule has 0 unspecified atom stereocenters. The summed E-state index contributed by atoms with van der Waals surface area (Å²) in [7, 11) is 0. The number of ether oxygens (including phenoxy) is 1. The smallest absolute Gasteiger partial charge is 0.255 e. The van der Waals surface area contributed by atoms with E-state index in [1.807, 2.05) is 43.3 Å². The van der Waals surface area contributed by atoms with E-state index in [9.17, 15) is 29.4 Å². The summed E-state index contributed by atoms with van der Waals surface area (Å²) >= 11 is 0. The van der Waals surface area contributed by atoms with Crippen molar-refractivity contribution < 1.29 is 34.1 Å². The average molecular weight is 787 g/mol. The highest BCUT2D eigenvalue weighted by Crippen LogP contribution is 2.44. The second-order valence-electron chi connectivity index (χ2n) is 15.7. The second-order valence-corrected chi connectivity index (χ2v) is 15.7. The zero-order valence-corrected chi connectivity index (χ0v) is 32.1. The van der Waals surface area contributed by atoms with Gasteiger partial charge in [0.15, 0.2) is 0 Å². The maximum atomic E-state index is 14.2. The predicted octanol–water partition coefficient (Wildman–Crippen LogP) is 6.27. The average Bonchev–Trinajstić information content (AvgIpc) is 3.89. The molecule has 6 aromatic rings. The fraction of sp³-hybridized carbons (Fsp3) is 0.196. The molecular weight excluding hydrogens is 749 g/mol. The van der Waals surface area contributed by atoms with E-state index < -0.39 is 0 Å². The molecule has 59 heavy (non-hydrogen) atoms. The topological polar surface area (TPSA) is 160 Å². The van der Waals surface area contributed by atoms with Gasteiger partial charge in [0.05, 0.1) is 36.9 Å². The number of aromatic amines is 1. The van der Waals surface area contributed by atoms with E-state index in [1.165, 1.54) is 12.2 Å². The summed E-state index contributed by atoms with van der Waals surface area (Å²) in [6.45, 7) is 11.3. The molecule has 0 atom stereocenters. The number of hydrogen-bond donors (Lipinski definition) is 3. The first-order valence-electron chi connectivity index (χ1n) is 19.3. The normalized spacial score (nSPS) is 16.4. The van der Waals surface area contributed by atoms with Crippen molar-refractivity contribution in [2.24, 2.45) is 0 Å². The number of fused-ring (bicyclic) bond motifs is 4. The van der Waals surface area contributed by atoms with Gasteiger partial charge in [0.25, 0.3) is 11.8 Å². The largest absolute Gasteiger partial charge is 0.508 e. The van der Waals surface area contributed by atoms with E-state index in [0.29, 0.717) is 82.8 Å². The molecule has 10 rings (SSSR count). The summed E-state index contributed by atoms with van der Waals surface area (Å²) in [5.41, 5.74) is 6.80. The molecule has 3 N–H and O–H groups in total. The zero-order valence-electron chi connectivity index (χ0n) is 32.1. The van der Waals surface area contributed by atoms with Crippen LogP contribution in [0.15, 0.2) is 98.2 Å². The molecule has 13 nitrogen and oxygen atoms in total. The second kappa shape index (κ2) is 13.3. The SMILES string of the molecule is C=CC(=O)N1CC(N2Cc3c(O)cc(-c4cc(O)cc5ccc(Oc6cc(-c7c(C)ccc8[nH]ncc78)cc7c6CN(C6CN(C(=O)C=C)C6)C7=O)cc45)cc3C2=O)C1. The molecule has 0 spiro atoms. The van der Waals surface area contributed by atoms with Gasteiger partial charge in [-0.15, -0.1) is 0 Å². The van der Waals surface area contributed by atoms with Gasteiger partial charge in [0, 0.05) is 53.8 Å². The highest BCUT2D eigenvalue weighted by molar-refractivity contribution is 6.05. The van der Waals surface area contributed by atoms with Crippen LogP contribution in [0.1, 0.15) is 37.4 Å². The Morgan fingerprint density at radius 1 is 0.763 bits per heavy atom. The molecule has 4 amide bonds. The Morgan fingerprint density at radius 3 is 2.08 bits per heavy atom. The maximum Gasteiger partial charge on any atom is 0.255 e. The first-order valence-corrected chi connectivity index (χ1v) is 19.3. The molecule has 4 aliphatic rings. The van der Waals surface area contributed by atoms with E-state index in [0.717, 1.165) is 33.2 Å². The molecule has 294 valence electrons. The van der Waals surface area contributed by atoms with Crippen LogP contribution in [-0.4, -0.2) is 102 Å². The van der Waals surface area contributed by atoms with E-state index in [2.05, 4.69) is 23.4 Å². The molecule has 5 aromatic carbocycles. The van der Waals surface area contributed by atoms with Crippen LogP contribution < -0.4 is 4.74 Å². The van der Waals surface area contributed by atoms with Crippen LogP contribution in [0.25, 0.3) is 43.9 Å². The van der Waals surface area contributed by atoms with Gasteiger partial charge in [0.2, 0.25) is 11.8 Å². The summed E-state index contributed by atoms with van der Waals surface area (Å²) in [5.74, 6) is 0.203. The number of likely N-dealkylation sites (tertiary alicyclic amines) is 2. The van der Waals surface area contributed by atoms with E-state index >= 15 is 0 Å². The number of aromatic hydroxyl groups is 2. The number of hydrogen-bond acceptors (Lipinski definition) is 8. The number of phenols is 2. The van der Waals surface area contributed by atoms with Gasteiger partial charge in [-0.05, 0) is 112 Å². The van der Waals surface area contributed by atoms with Crippen LogP contribution in [0.3, 0.4) is 0 Å². The van der Waals surface area contributed by atoms with Crippen LogP contribution >= 0.6 is 0 Å². The number of H-pyrrole nitrogens is 1. The van der Waals surface area contributed by atoms with Crippen molar-refractivity contribution in [3.05, 3.63) is 126 Å². The monoisotopic (exact) mass is 786 g/mol. The molecule has 0 aliphatic carbocycles. The molecule has 0 bridgehead atoms. The summed E-state index contributed by atoms with van der Waals surface area (Å²) in [6, 6.07) is 19.6. The van der Waals surface area contributed by atoms with E-state index in [4.69, 9.17) is 4.74 Å². The van der Waals surface area contributed by atoms with Crippen LogP contribution in [-0.2, 0) is 22.7 Å². The Hall–Kier alpha value is -7.41. The molecule has 4 aliphatic heterocycles. The lowest BCUT2D eigenvalue weighted by atomic mass is 9.93. The van der Waals surface area contributed by atoms with Gasteiger partial charge in [-0.3, -0.25) is 24.3 Å². The lowest BCUT2D eigenvalue weighted by Gasteiger charge is -2.43.